The van der Waals surface area contributed by atoms with Gasteiger partial charge in [-0.25, -0.2) is 9.59 Å². The fraction of sp³-hybridized carbons (Fsp3) is 0.571. The van der Waals surface area contributed by atoms with Gasteiger partial charge in [0.05, 0.1) is 18.6 Å². The maximum absolute atomic E-state index is 13.5. The standard InChI is InChI=1S/C21H28BrNO5/c1-7-27-19(25)17-15(21(4,5)6)18(24)16(13-10-8-9-11-14(13)22)23(17)20(26)28-12(2)3/h8-12,15-17H,7H2,1-6H3/t15-,16+,17+/m1/s1. The summed E-state index contributed by atoms with van der Waals surface area (Å²) in [7, 11) is 0. The van der Waals surface area contributed by atoms with Gasteiger partial charge < -0.3 is 9.47 Å². The molecule has 1 fully saturated rings. The fourth-order valence-electron chi connectivity index (χ4n) is 3.64. The average molecular weight is 454 g/mol. The number of halogens is 1. The molecule has 154 valence electrons. The van der Waals surface area contributed by atoms with E-state index in [1.54, 1.807) is 39.0 Å². The number of Topliss-reactive ketones (excluding diaryl/α,β-unsaturated/α-hetero) is 1. The van der Waals surface area contributed by atoms with Crippen molar-refractivity contribution in [2.45, 2.75) is 59.7 Å². The number of carbonyl (C=O) groups excluding carboxylic acids is 3. The van der Waals surface area contributed by atoms with Crippen LogP contribution in [0.15, 0.2) is 28.7 Å². The number of hydrogen-bond donors (Lipinski definition) is 0. The first-order valence-corrected chi connectivity index (χ1v) is 10.2. The summed E-state index contributed by atoms with van der Waals surface area (Å²) in [6.07, 6.45) is -1.09. The third kappa shape index (κ3) is 4.40. The molecule has 0 bridgehead atoms. The van der Waals surface area contributed by atoms with Gasteiger partial charge in [0.2, 0.25) is 0 Å². The number of amides is 1. The van der Waals surface area contributed by atoms with Crippen molar-refractivity contribution in [2.75, 3.05) is 6.61 Å². The Morgan fingerprint density at radius 1 is 1.21 bits per heavy atom. The van der Waals surface area contributed by atoms with Gasteiger partial charge in [0.25, 0.3) is 0 Å². The monoisotopic (exact) mass is 453 g/mol. The highest BCUT2D eigenvalue weighted by atomic mass is 79.9. The van der Waals surface area contributed by atoms with E-state index >= 15 is 0 Å². The molecule has 1 amide bonds. The molecule has 0 aliphatic carbocycles. The van der Waals surface area contributed by atoms with Gasteiger partial charge in [-0.2, -0.15) is 0 Å². The van der Waals surface area contributed by atoms with Crippen molar-refractivity contribution in [1.29, 1.82) is 0 Å². The molecule has 0 radical (unpaired) electrons. The number of carbonyl (C=O) groups is 3. The van der Waals surface area contributed by atoms with Crippen molar-refractivity contribution in [1.82, 2.24) is 4.90 Å². The van der Waals surface area contributed by atoms with Crippen molar-refractivity contribution in [3.05, 3.63) is 34.3 Å². The maximum atomic E-state index is 13.5. The predicted octanol–water partition coefficient (Wildman–Crippen LogP) is 4.51. The van der Waals surface area contributed by atoms with Gasteiger partial charge in [-0.15, -0.1) is 0 Å². The largest absolute Gasteiger partial charge is 0.464 e. The quantitative estimate of drug-likeness (QED) is 0.626. The van der Waals surface area contributed by atoms with Gasteiger partial charge in [0.15, 0.2) is 5.78 Å². The third-order valence-electron chi connectivity index (χ3n) is 4.68. The lowest BCUT2D eigenvalue weighted by molar-refractivity contribution is -0.151. The molecule has 7 heteroatoms. The topological polar surface area (TPSA) is 72.9 Å². The molecule has 1 aliphatic rings. The maximum Gasteiger partial charge on any atom is 0.411 e. The van der Waals surface area contributed by atoms with E-state index < -0.39 is 35.5 Å². The lowest BCUT2D eigenvalue weighted by atomic mass is 9.74. The number of ether oxygens (including phenoxy) is 2. The molecule has 0 unspecified atom stereocenters. The van der Waals surface area contributed by atoms with E-state index in [0.717, 1.165) is 0 Å². The molecule has 6 nitrogen and oxygen atoms in total. The third-order valence-corrected chi connectivity index (χ3v) is 5.40. The molecule has 1 aromatic carbocycles. The van der Waals surface area contributed by atoms with Crippen molar-refractivity contribution >= 4 is 33.8 Å². The first-order valence-electron chi connectivity index (χ1n) is 9.44. The highest BCUT2D eigenvalue weighted by Gasteiger charge is 2.59. The van der Waals surface area contributed by atoms with E-state index in [-0.39, 0.29) is 18.5 Å². The summed E-state index contributed by atoms with van der Waals surface area (Å²) in [6, 6.07) is 5.22. The second-order valence-electron chi connectivity index (χ2n) is 8.21. The van der Waals surface area contributed by atoms with Crippen LogP contribution in [0, 0.1) is 11.3 Å². The SMILES string of the molecule is CCOC(=O)[C@@H]1[C@@H](C(C)(C)C)C(=O)[C@H](c2ccccc2Br)N1C(=O)OC(C)C. The minimum absolute atomic E-state index is 0.160. The van der Waals surface area contributed by atoms with Crippen LogP contribution >= 0.6 is 15.9 Å². The zero-order chi connectivity index (χ0) is 21.2. The second kappa shape index (κ2) is 8.64. The average Bonchev–Trinajstić information content (AvgIpc) is 2.88. The highest BCUT2D eigenvalue weighted by molar-refractivity contribution is 9.10. The summed E-state index contributed by atoms with van der Waals surface area (Å²) in [5.41, 5.74) is 0.0650. The zero-order valence-electron chi connectivity index (χ0n) is 17.2. The van der Waals surface area contributed by atoms with Gasteiger partial charge in [0, 0.05) is 4.47 Å². The smallest absolute Gasteiger partial charge is 0.411 e. The Kier molecular flexibility index (Phi) is 6.91. The minimum atomic E-state index is -1.05. The number of benzene rings is 1. The number of esters is 1. The van der Waals surface area contributed by atoms with E-state index in [1.165, 1.54) is 4.90 Å². The Bertz CT molecular complexity index is 755. The molecule has 0 saturated carbocycles. The molecule has 0 spiro atoms. The molecule has 3 atom stereocenters. The van der Waals surface area contributed by atoms with Crippen LogP contribution in [0.5, 0.6) is 0 Å². The van der Waals surface area contributed by atoms with Crippen LogP contribution in [-0.4, -0.2) is 41.5 Å². The molecule has 1 aliphatic heterocycles. The van der Waals surface area contributed by atoms with Crippen LogP contribution in [-0.2, 0) is 19.1 Å². The number of nitrogens with zero attached hydrogens (tertiary/aromatic N) is 1. The van der Waals surface area contributed by atoms with Crippen LogP contribution < -0.4 is 0 Å². The first kappa shape index (κ1) is 22.4. The van der Waals surface area contributed by atoms with E-state index in [9.17, 15) is 14.4 Å². The van der Waals surface area contributed by atoms with Crippen molar-refractivity contribution < 1.29 is 23.9 Å². The Morgan fingerprint density at radius 2 is 1.82 bits per heavy atom. The van der Waals surface area contributed by atoms with Crippen LogP contribution in [0.3, 0.4) is 0 Å². The Labute approximate surface area is 174 Å². The van der Waals surface area contributed by atoms with Crippen LogP contribution in [0.2, 0.25) is 0 Å². The number of likely N-dealkylation sites (tertiary alicyclic amines) is 1. The lowest BCUT2D eigenvalue weighted by Crippen LogP contribution is -2.48. The Balaban J connectivity index is 2.67. The van der Waals surface area contributed by atoms with Crippen LogP contribution in [0.4, 0.5) is 4.79 Å². The highest BCUT2D eigenvalue weighted by Crippen LogP contribution is 2.47. The molecule has 1 saturated heterocycles. The van der Waals surface area contributed by atoms with Gasteiger partial charge in [-0.1, -0.05) is 54.9 Å². The molecular formula is C21H28BrNO5. The Morgan fingerprint density at radius 3 is 2.32 bits per heavy atom. The van der Waals surface area contributed by atoms with Crippen LogP contribution in [0.1, 0.15) is 53.1 Å². The molecule has 0 aromatic heterocycles. The summed E-state index contributed by atoms with van der Waals surface area (Å²) >= 11 is 3.47. The van der Waals surface area contributed by atoms with Gasteiger partial charge in [-0.05, 0) is 37.8 Å². The number of hydrogen-bond acceptors (Lipinski definition) is 5. The fourth-order valence-corrected chi connectivity index (χ4v) is 4.14. The summed E-state index contributed by atoms with van der Waals surface area (Å²) in [6.45, 7) is 11.0. The Hall–Kier alpha value is -1.89. The molecule has 1 heterocycles. The first-order chi connectivity index (χ1) is 13.0. The van der Waals surface area contributed by atoms with Crippen molar-refractivity contribution in [3.63, 3.8) is 0 Å². The molecule has 2 rings (SSSR count). The molecule has 0 N–H and O–H groups in total. The van der Waals surface area contributed by atoms with Gasteiger partial charge in [0.1, 0.15) is 12.1 Å². The van der Waals surface area contributed by atoms with E-state index in [2.05, 4.69) is 15.9 Å². The minimum Gasteiger partial charge on any atom is -0.464 e. The van der Waals surface area contributed by atoms with E-state index in [0.29, 0.717) is 10.0 Å². The molecular weight excluding hydrogens is 426 g/mol. The number of ketones is 1. The second-order valence-corrected chi connectivity index (χ2v) is 9.06. The van der Waals surface area contributed by atoms with Crippen molar-refractivity contribution in [3.8, 4) is 0 Å². The van der Waals surface area contributed by atoms with E-state index in [4.69, 9.17) is 9.47 Å². The molecule has 28 heavy (non-hydrogen) atoms. The zero-order valence-corrected chi connectivity index (χ0v) is 18.8. The summed E-state index contributed by atoms with van der Waals surface area (Å²) in [5, 5.41) is 0. The number of rotatable bonds is 4. The van der Waals surface area contributed by atoms with Gasteiger partial charge >= 0.3 is 12.1 Å². The van der Waals surface area contributed by atoms with Crippen molar-refractivity contribution in [2.24, 2.45) is 11.3 Å². The van der Waals surface area contributed by atoms with E-state index in [1.807, 2.05) is 26.8 Å². The normalized spacial score (nSPS) is 22.5. The van der Waals surface area contributed by atoms with Crippen LogP contribution in [0.25, 0.3) is 0 Å². The van der Waals surface area contributed by atoms with Gasteiger partial charge in [-0.3, -0.25) is 9.69 Å². The summed E-state index contributed by atoms with van der Waals surface area (Å²) in [4.78, 5) is 40.7. The summed E-state index contributed by atoms with van der Waals surface area (Å²) in [5.74, 6) is -1.51. The lowest BCUT2D eigenvalue weighted by Gasteiger charge is -2.32. The summed E-state index contributed by atoms with van der Waals surface area (Å²) < 4.78 is 11.3. The molecule has 1 aromatic rings. The predicted molar refractivity (Wildman–Crippen MR) is 109 cm³/mol.